The quantitative estimate of drug-likeness (QED) is 0.274. The number of nitrogens with zero attached hydrogens (tertiary/aromatic N) is 3. The minimum absolute atomic E-state index is 0. The smallest absolute Gasteiger partial charge is 0.228 e. The molecule has 27 heavy (non-hydrogen) atoms. The summed E-state index contributed by atoms with van der Waals surface area (Å²) >= 11 is 0. The number of aryl methyl sites for hydroxylation is 2. The third kappa shape index (κ3) is 5.95. The lowest BCUT2D eigenvalue weighted by Crippen LogP contribution is -2.38. The second-order valence-corrected chi connectivity index (χ2v) is 6.29. The van der Waals surface area contributed by atoms with Gasteiger partial charge in [0.25, 0.3) is 0 Å². The van der Waals surface area contributed by atoms with Crippen LogP contribution in [0.1, 0.15) is 29.8 Å². The lowest BCUT2D eigenvalue weighted by atomic mass is 10.1. The van der Waals surface area contributed by atoms with Gasteiger partial charge in [-0.2, -0.15) is 4.98 Å². The molecular weight excluding hydrogens is 455 g/mol. The van der Waals surface area contributed by atoms with Crippen molar-refractivity contribution in [2.24, 2.45) is 4.99 Å². The number of H-pyrrole nitrogens is 1. The Hall–Kier alpha value is -2.10. The summed E-state index contributed by atoms with van der Waals surface area (Å²) in [6, 6.07) is 6.51. The van der Waals surface area contributed by atoms with E-state index in [1.165, 1.54) is 22.0 Å². The Morgan fingerprint density at radius 2 is 2.07 bits per heavy atom. The number of aromatic nitrogens is 3. The number of aromatic amines is 1. The highest BCUT2D eigenvalue weighted by atomic mass is 127. The van der Waals surface area contributed by atoms with Crippen molar-refractivity contribution >= 4 is 40.8 Å². The standard InChI is InChI=1S/C19H26N6O.HI/c1-4-20-19(22-10-8-18-24-14(3)25-26-18)21-9-7-15-12-23-17-11-13(2)5-6-16(15)17;/h5-6,11-12,23H,4,7-10H2,1-3H3,(H2,20,21,22);1H. The molecule has 0 saturated carbocycles. The normalized spacial score (nSPS) is 11.4. The van der Waals surface area contributed by atoms with E-state index in [0.717, 1.165) is 25.5 Å². The third-order valence-electron chi connectivity index (χ3n) is 4.12. The highest BCUT2D eigenvalue weighted by molar-refractivity contribution is 14.0. The average molecular weight is 482 g/mol. The first-order valence-electron chi connectivity index (χ1n) is 9.03. The first kappa shape index (κ1) is 21.2. The van der Waals surface area contributed by atoms with Crippen molar-refractivity contribution in [3.8, 4) is 0 Å². The van der Waals surface area contributed by atoms with Crippen molar-refractivity contribution < 1.29 is 4.52 Å². The maximum Gasteiger partial charge on any atom is 0.228 e. The lowest BCUT2D eigenvalue weighted by molar-refractivity contribution is 0.376. The molecule has 0 radical (unpaired) electrons. The number of halogens is 1. The molecule has 3 rings (SSSR count). The fourth-order valence-electron chi connectivity index (χ4n) is 2.87. The van der Waals surface area contributed by atoms with Gasteiger partial charge in [-0.25, -0.2) is 0 Å². The van der Waals surface area contributed by atoms with Crippen LogP contribution in [0.2, 0.25) is 0 Å². The van der Waals surface area contributed by atoms with Crippen molar-refractivity contribution in [1.82, 2.24) is 25.8 Å². The molecule has 0 aliphatic carbocycles. The number of hydrogen-bond acceptors (Lipinski definition) is 4. The zero-order valence-corrected chi connectivity index (χ0v) is 18.3. The summed E-state index contributed by atoms with van der Waals surface area (Å²) in [4.78, 5) is 12.1. The maximum atomic E-state index is 5.11. The Kier molecular flexibility index (Phi) is 8.08. The molecule has 0 atom stereocenters. The highest BCUT2D eigenvalue weighted by Crippen LogP contribution is 2.19. The molecule has 0 unspecified atom stereocenters. The molecule has 0 aliphatic heterocycles. The van der Waals surface area contributed by atoms with Crippen LogP contribution in [0.5, 0.6) is 0 Å². The molecule has 0 saturated heterocycles. The zero-order valence-electron chi connectivity index (χ0n) is 16.0. The first-order valence-corrected chi connectivity index (χ1v) is 9.03. The highest BCUT2D eigenvalue weighted by Gasteiger charge is 2.05. The number of nitrogens with one attached hydrogen (secondary N) is 3. The van der Waals surface area contributed by atoms with Gasteiger partial charge in [-0.15, -0.1) is 24.0 Å². The number of fused-ring (bicyclic) bond motifs is 1. The van der Waals surface area contributed by atoms with Gasteiger partial charge in [0.2, 0.25) is 5.89 Å². The molecule has 0 spiro atoms. The fourth-order valence-corrected chi connectivity index (χ4v) is 2.87. The van der Waals surface area contributed by atoms with E-state index in [9.17, 15) is 0 Å². The van der Waals surface area contributed by atoms with Gasteiger partial charge in [-0.1, -0.05) is 17.3 Å². The van der Waals surface area contributed by atoms with Gasteiger partial charge >= 0.3 is 0 Å². The number of hydrogen-bond donors (Lipinski definition) is 3. The average Bonchev–Trinajstić information content (AvgIpc) is 3.21. The predicted octanol–water partition coefficient (Wildman–Crippen LogP) is 3.13. The fraction of sp³-hybridized carbons (Fsp3) is 0.421. The van der Waals surface area contributed by atoms with Crippen LogP contribution in [0, 0.1) is 13.8 Å². The Morgan fingerprint density at radius 3 is 2.81 bits per heavy atom. The molecule has 7 nitrogen and oxygen atoms in total. The molecule has 146 valence electrons. The van der Waals surface area contributed by atoms with Gasteiger partial charge in [0, 0.05) is 36.6 Å². The van der Waals surface area contributed by atoms with E-state index in [4.69, 9.17) is 4.52 Å². The molecule has 0 aliphatic rings. The van der Waals surface area contributed by atoms with Crippen LogP contribution in [0.3, 0.4) is 0 Å². The number of rotatable bonds is 7. The van der Waals surface area contributed by atoms with Crippen LogP contribution in [0.25, 0.3) is 10.9 Å². The summed E-state index contributed by atoms with van der Waals surface area (Å²) in [5.41, 5.74) is 3.77. The summed E-state index contributed by atoms with van der Waals surface area (Å²) in [5.74, 6) is 2.08. The van der Waals surface area contributed by atoms with Gasteiger partial charge < -0.3 is 20.1 Å². The first-order chi connectivity index (χ1) is 12.7. The van der Waals surface area contributed by atoms with E-state index in [2.05, 4.69) is 69.0 Å². The Balaban J connectivity index is 0.00000261. The molecule has 3 N–H and O–H groups in total. The third-order valence-corrected chi connectivity index (χ3v) is 4.12. The van der Waals surface area contributed by atoms with Gasteiger partial charge in [0.05, 0.1) is 6.54 Å². The van der Waals surface area contributed by atoms with Crippen molar-refractivity contribution in [1.29, 1.82) is 0 Å². The van der Waals surface area contributed by atoms with Crippen LogP contribution in [0.4, 0.5) is 0 Å². The van der Waals surface area contributed by atoms with E-state index >= 15 is 0 Å². The minimum Gasteiger partial charge on any atom is -0.361 e. The van der Waals surface area contributed by atoms with E-state index in [1.54, 1.807) is 0 Å². The van der Waals surface area contributed by atoms with Crippen molar-refractivity contribution in [2.45, 2.75) is 33.6 Å². The molecule has 2 aromatic heterocycles. The second kappa shape index (κ2) is 10.3. The Labute approximate surface area is 176 Å². The van der Waals surface area contributed by atoms with E-state index in [1.807, 2.05) is 6.92 Å². The van der Waals surface area contributed by atoms with E-state index in [-0.39, 0.29) is 24.0 Å². The number of guanidine groups is 1. The summed E-state index contributed by atoms with van der Waals surface area (Å²) < 4.78 is 5.11. The predicted molar refractivity (Wildman–Crippen MR) is 119 cm³/mol. The molecule has 0 amide bonds. The molecule has 2 heterocycles. The van der Waals surface area contributed by atoms with E-state index < -0.39 is 0 Å². The topological polar surface area (TPSA) is 91.1 Å². The largest absolute Gasteiger partial charge is 0.361 e. The molecule has 8 heteroatoms. The van der Waals surface area contributed by atoms with Gasteiger partial charge in [0.1, 0.15) is 0 Å². The van der Waals surface area contributed by atoms with Crippen molar-refractivity contribution in [2.75, 3.05) is 19.6 Å². The lowest BCUT2D eigenvalue weighted by Gasteiger charge is -2.10. The van der Waals surface area contributed by atoms with Crippen LogP contribution in [-0.2, 0) is 12.8 Å². The Morgan fingerprint density at radius 1 is 1.22 bits per heavy atom. The van der Waals surface area contributed by atoms with Crippen molar-refractivity contribution in [3.63, 3.8) is 0 Å². The zero-order chi connectivity index (χ0) is 18.4. The van der Waals surface area contributed by atoms with Crippen molar-refractivity contribution in [3.05, 3.63) is 47.2 Å². The minimum atomic E-state index is 0. The number of aliphatic imine (C=N–C) groups is 1. The summed E-state index contributed by atoms with van der Waals surface area (Å²) in [6.45, 7) is 8.21. The number of benzene rings is 1. The van der Waals surface area contributed by atoms with Crippen LogP contribution in [0.15, 0.2) is 33.9 Å². The van der Waals surface area contributed by atoms with Crippen LogP contribution < -0.4 is 10.6 Å². The van der Waals surface area contributed by atoms with Gasteiger partial charge in [-0.3, -0.25) is 4.99 Å². The molecule has 0 fully saturated rings. The van der Waals surface area contributed by atoms with Gasteiger partial charge in [-0.05, 0) is 44.4 Å². The molecular formula is C19H27IN6O. The Bertz CT molecular complexity index is 885. The summed E-state index contributed by atoms with van der Waals surface area (Å²) in [5, 5.41) is 11.7. The van der Waals surface area contributed by atoms with Crippen LogP contribution >= 0.6 is 24.0 Å². The van der Waals surface area contributed by atoms with Gasteiger partial charge in [0.15, 0.2) is 11.8 Å². The second-order valence-electron chi connectivity index (χ2n) is 6.29. The molecule has 3 aromatic rings. The van der Waals surface area contributed by atoms with Crippen LogP contribution in [-0.4, -0.2) is 40.7 Å². The molecule has 0 bridgehead atoms. The van der Waals surface area contributed by atoms with E-state index in [0.29, 0.717) is 24.7 Å². The monoisotopic (exact) mass is 482 g/mol. The SMILES string of the molecule is CCNC(=NCCc1nc(C)no1)NCCc1c[nH]c2cc(C)ccc12.I. The maximum absolute atomic E-state index is 5.11. The molecule has 1 aromatic carbocycles. The summed E-state index contributed by atoms with van der Waals surface area (Å²) in [7, 11) is 0. The summed E-state index contributed by atoms with van der Waals surface area (Å²) in [6.07, 6.45) is 3.66.